The summed E-state index contributed by atoms with van der Waals surface area (Å²) in [5.41, 5.74) is 0. The van der Waals surface area contributed by atoms with Gasteiger partial charge in [0.25, 0.3) is 0 Å². The van der Waals surface area contributed by atoms with E-state index in [9.17, 15) is 4.79 Å². The van der Waals surface area contributed by atoms with Crippen LogP contribution in [-0.2, 0) is 9.53 Å². The van der Waals surface area contributed by atoms with Gasteiger partial charge in [-0.3, -0.25) is 4.79 Å². The molecule has 1 saturated carbocycles. The number of nitrogens with one attached hydrogen (secondary N) is 1. The van der Waals surface area contributed by atoms with E-state index in [1.165, 1.54) is 0 Å². The van der Waals surface area contributed by atoms with Crippen LogP contribution in [0.1, 0.15) is 19.3 Å². The maximum absolute atomic E-state index is 10.9. The van der Waals surface area contributed by atoms with Crippen molar-refractivity contribution in [3.05, 3.63) is 0 Å². The highest BCUT2D eigenvalue weighted by molar-refractivity contribution is 5.82. The molecule has 2 fully saturated rings. The van der Waals surface area contributed by atoms with Crippen LogP contribution in [-0.4, -0.2) is 24.7 Å². The molecule has 1 saturated heterocycles. The Bertz CT molecular complexity index is 154. The zero-order valence-electron chi connectivity index (χ0n) is 5.80. The first-order valence-electron chi connectivity index (χ1n) is 3.79. The van der Waals surface area contributed by atoms with Gasteiger partial charge in [-0.05, 0) is 19.3 Å². The minimum atomic E-state index is -0.132. The van der Waals surface area contributed by atoms with Crippen molar-refractivity contribution < 1.29 is 9.53 Å². The molecule has 1 aliphatic heterocycles. The molecule has 1 N–H and O–H groups in total. The number of carbonyl (C=O) groups is 1. The summed E-state index contributed by atoms with van der Waals surface area (Å²) in [7, 11) is 0. The fourth-order valence-electron chi connectivity index (χ4n) is 1.14. The third kappa shape index (κ3) is 1.14. The standard InChI is InChI=1S/C7H11NO2/c9-7-6(3-4-8-7)10-5-1-2-5/h5-6H,1-4H2,(H,8,9). The molecule has 1 atom stereocenters. The molecule has 0 bridgehead atoms. The van der Waals surface area contributed by atoms with Gasteiger partial charge in [-0.25, -0.2) is 0 Å². The molecule has 10 heavy (non-hydrogen) atoms. The fourth-order valence-corrected chi connectivity index (χ4v) is 1.14. The van der Waals surface area contributed by atoms with Crippen molar-refractivity contribution in [2.75, 3.05) is 6.54 Å². The van der Waals surface area contributed by atoms with Crippen LogP contribution in [0, 0.1) is 0 Å². The minimum Gasteiger partial charge on any atom is -0.365 e. The van der Waals surface area contributed by atoms with Gasteiger partial charge >= 0.3 is 0 Å². The zero-order chi connectivity index (χ0) is 6.97. The molecule has 1 unspecified atom stereocenters. The van der Waals surface area contributed by atoms with Gasteiger partial charge in [0.2, 0.25) is 5.91 Å². The summed E-state index contributed by atoms with van der Waals surface area (Å²) in [6, 6.07) is 0. The first-order valence-corrected chi connectivity index (χ1v) is 3.79. The summed E-state index contributed by atoms with van der Waals surface area (Å²) in [5.74, 6) is 0.0758. The van der Waals surface area contributed by atoms with Gasteiger partial charge in [0.05, 0.1) is 6.10 Å². The summed E-state index contributed by atoms with van der Waals surface area (Å²) in [5, 5.41) is 2.74. The van der Waals surface area contributed by atoms with E-state index >= 15 is 0 Å². The maximum atomic E-state index is 10.9. The van der Waals surface area contributed by atoms with E-state index < -0.39 is 0 Å². The highest BCUT2D eigenvalue weighted by Gasteiger charge is 2.32. The Labute approximate surface area is 59.7 Å². The Morgan fingerprint density at radius 1 is 1.40 bits per heavy atom. The number of hydrogen-bond acceptors (Lipinski definition) is 2. The second kappa shape index (κ2) is 2.23. The zero-order valence-corrected chi connectivity index (χ0v) is 5.80. The second-order valence-electron chi connectivity index (χ2n) is 2.90. The van der Waals surface area contributed by atoms with Gasteiger partial charge in [0, 0.05) is 6.54 Å². The van der Waals surface area contributed by atoms with Crippen molar-refractivity contribution in [1.29, 1.82) is 0 Å². The monoisotopic (exact) mass is 141 g/mol. The smallest absolute Gasteiger partial charge is 0.249 e. The highest BCUT2D eigenvalue weighted by atomic mass is 16.5. The van der Waals surface area contributed by atoms with Crippen LogP contribution in [0.15, 0.2) is 0 Å². The average molecular weight is 141 g/mol. The van der Waals surface area contributed by atoms with Crippen LogP contribution in [0.3, 0.4) is 0 Å². The fraction of sp³-hybridized carbons (Fsp3) is 0.857. The Kier molecular flexibility index (Phi) is 1.38. The van der Waals surface area contributed by atoms with Crippen molar-refractivity contribution in [1.82, 2.24) is 5.32 Å². The average Bonchev–Trinajstić information content (AvgIpc) is 2.62. The largest absolute Gasteiger partial charge is 0.365 e. The van der Waals surface area contributed by atoms with Gasteiger partial charge in [-0.15, -0.1) is 0 Å². The third-order valence-electron chi connectivity index (χ3n) is 1.88. The van der Waals surface area contributed by atoms with Crippen molar-refractivity contribution in [3.63, 3.8) is 0 Å². The molecule has 1 amide bonds. The third-order valence-corrected chi connectivity index (χ3v) is 1.88. The SMILES string of the molecule is O=C1NCCC1OC1CC1. The molecule has 0 aromatic rings. The molecule has 0 spiro atoms. The summed E-state index contributed by atoms with van der Waals surface area (Å²) in [4.78, 5) is 10.9. The lowest BCUT2D eigenvalue weighted by molar-refractivity contribution is -0.129. The summed E-state index contributed by atoms with van der Waals surface area (Å²) >= 11 is 0. The first-order chi connectivity index (χ1) is 4.86. The molecular formula is C7H11NO2. The van der Waals surface area contributed by atoms with Crippen LogP contribution in [0.4, 0.5) is 0 Å². The molecule has 2 aliphatic rings. The predicted molar refractivity (Wildman–Crippen MR) is 35.5 cm³/mol. The molecule has 0 radical (unpaired) electrons. The molecule has 3 nitrogen and oxygen atoms in total. The van der Waals surface area contributed by atoms with Crippen LogP contribution in [0.5, 0.6) is 0 Å². The Morgan fingerprint density at radius 2 is 2.20 bits per heavy atom. The first kappa shape index (κ1) is 6.16. The Morgan fingerprint density at radius 3 is 2.70 bits per heavy atom. The van der Waals surface area contributed by atoms with Crippen LogP contribution in [0.2, 0.25) is 0 Å². The van der Waals surface area contributed by atoms with E-state index in [1.54, 1.807) is 0 Å². The number of carbonyl (C=O) groups excluding carboxylic acids is 1. The van der Waals surface area contributed by atoms with Crippen molar-refractivity contribution in [2.45, 2.75) is 31.5 Å². The normalized spacial score (nSPS) is 32.4. The highest BCUT2D eigenvalue weighted by Crippen LogP contribution is 2.26. The van der Waals surface area contributed by atoms with Gasteiger partial charge in [-0.1, -0.05) is 0 Å². The van der Waals surface area contributed by atoms with Gasteiger partial charge in [0.15, 0.2) is 0 Å². The van der Waals surface area contributed by atoms with E-state index in [0.29, 0.717) is 6.10 Å². The van der Waals surface area contributed by atoms with E-state index in [-0.39, 0.29) is 12.0 Å². The van der Waals surface area contributed by atoms with Crippen LogP contribution in [0.25, 0.3) is 0 Å². The molecule has 0 aromatic carbocycles. The molecule has 0 aromatic heterocycles. The number of amides is 1. The topological polar surface area (TPSA) is 38.3 Å². The van der Waals surface area contributed by atoms with Gasteiger partial charge < -0.3 is 10.1 Å². The lowest BCUT2D eigenvalue weighted by Gasteiger charge is -2.05. The molecule has 2 rings (SSSR count). The number of hydrogen-bond donors (Lipinski definition) is 1. The lowest BCUT2D eigenvalue weighted by Crippen LogP contribution is -2.25. The van der Waals surface area contributed by atoms with Crippen LogP contribution >= 0.6 is 0 Å². The second-order valence-corrected chi connectivity index (χ2v) is 2.90. The maximum Gasteiger partial charge on any atom is 0.249 e. The quantitative estimate of drug-likeness (QED) is 0.590. The van der Waals surface area contributed by atoms with Crippen molar-refractivity contribution in [2.24, 2.45) is 0 Å². The number of rotatable bonds is 2. The Balaban J connectivity index is 1.84. The molecular weight excluding hydrogens is 130 g/mol. The van der Waals surface area contributed by atoms with Gasteiger partial charge in [-0.2, -0.15) is 0 Å². The molecule has 3 heteroatoms. The van der Waals surface area contributed by atoms with E-state index in [2.05, 4.69) is 5.32 Å². The summed E-state index contributed by atoms with van der Waals surface area (Å²) < 4.78 is 5.42. The summed E-state index contributed by atoms with van der Waals surface area (Å²) in [6.07, 6.45) is 3.41. The van der Waals surface area contributed by atoms with Crippen molar-refractivity contribution >= 4 is 5.91 Å². The van der Waals surface area contributed by atoms with Gasteiger partial charge in [0.1, 0.15) is 6.10 Å². The summed E-state index contributed by atoms with van der Waals surface area (Å²) in [6.45, 7) is 0.788. The van der Waals surface area contributed by atoms with E-state index in [4.69, 9.17) is 4.74 Å². The Hall–Kier alpha value is -0.570. The minimum absolute atomic E-state index is 0.0758. The molecule has 1 heterocycles. The number of ether oxygens (including phenoxy) is 1. The molecule has 56 valence electrons. The molecule has 1 aliphatic carbocycles. The van der Waals surface area contributed by atoms with Crippen molar-refractivity contribution in [3.8, 4) is 0 Å². The lowest BCUT2D eigenvalue weighted by atomic mass is 10.3. The van der Waals surface area contributed by atoms with E-state index in [1.807, 2.05) is 0 Å². The predicted octanol–water partition coefficient (Wildman–Crippen LogP) is 0.0539. The van der Waals surface area contributed by atoms with E-state index in [0.717, 1.165) is 25.8 Å². The van der Waals surface area contributed by atoms with Crippen LogP contribution < -0.4 is 5.32 Å².